The van der Waals surface area contributed by atoms with E-state index in [1.165, 1.54) is 0 Å². The zero-order valence-corrected chi connectivity index (χ0v) is 12.3. The number of carbonyl (C=O) groups excluding carboxylic acids is 1. The van der Waals surface area contributed by atoms with Crippen molar-refractivity contribution in [2.75, 3.05) is 6.54 Å². The lowest BCUT2D eigenvalue weighted by Gasteiger charge is -2.25. The molecule has 0 bridgehead atoms. The maximum Gasteiger partial charge on any atom is 0.318 e. The number of aromatic hydroxyl groups is 1. The molecule has 0 aliphatic carbocycles. The second-order valence-electron chi connectivity index (χ2n) is 5.46. The van der Waals surface area contributed by atoms with Crippen molar-refractivity contribution >= 4 is 6.03 Å². The van der Waals surface area contributed by atoms with Gasteiger partial charge in [0.2, 0.25) is 0 Å². The summed E-state index contributed by atoms with van der Waals surface area (Å²) in [7, 11) is 0. The molecule has 1 saturated heterocycles. The van der Waals surface area contributed by atoms with E-state index in [-0.39, 0.29) is 17.8 Å². The van der Waals surface area contributed by atoms with E-state index in [1.54, 1.807) is 24.5 Å². The van der Waals surface area contributed by atoms with Gasteiger partial charge in [0.15, 0.2) is 0 Å². The Hall–Kier alpha value is -2.56. The van der Waals surface area contributed by atoms with Gasteiger partial charge in [-0.3, -0.25) is 4.98 Å². The highest BCUT2D eigenvalue weighted by Gasteiger charge is 2.29. The van der Waals surface area contributed by atoms with Crippen LogP contribution < -0.4 is 5.32 Å². The number of hydrogen-bond acceptors (Lipinski definition) is 3. The van der Waals surface area contributed by atoms with Gasteiger partial charge in [0.05, 0.1) is 6.04 Å². The number of phenols is 1. The summed E-state index contributed by atoms with van der Waals surface area (Å²) in [5, 5.41) is 12.3. The van der Waals surface area contributed by atoms with Crippen LogP contribution in [0.15, 0.2) is 48.8 Å². The van der Waals surface area contributed by atoms with Crippen molar-refractivity contribution in [3.05, 3.63) is 59.9 Å². The van der Waals surface area contributed by atoms with Crippen LogP contribution in [0.5, 0.6) is 5.75 Å². The first kappa shape index (κ1) is 14.4. The Kier molecular flexibility index (Phi) is 4.23. The fraction of sp³-hybridized carbons (Fsp3) is 0.294. The summed E-state index contributed by atoms with van der Waals surface area (Å²) in [5.74, 6) is 0.245. The van der Waals surface area contributed by atoms with Crippen molar-refractivity contribution in [1.29, 1.82) is 0 Å². The molecule has 1 aromatic carbocycles. The summed E-state index contributed by atoms with van der Waals surface area (Å²) >= 11 is 0. The number of carbonyl (C=O) groups is 1. The molecule has 5 heteroatoms. The standard InChI is InChI=1S/C17H19N3O2/c21-15-7-5-14(6-8-15)16-4-2-10-20(16)17(22)19-12-13-3-1-9-18-11-13/h1,3,5-9,11,16,21H,2,4,10,12H2,(H,19,22). The minimum absolute atomic E-state index is 0.0561. The molecule has 3 rings (SSSR count). The lowest BCUT2D eigenvalue weighted by molar-refractivity contribution is 0.192. The van der Waals surface area contributed by atoms with Crippen LogP contribution in [0, 0.1) is 0 Å². The minimum atomic E-state index is -0.0561. The molecular formula is C17H19N3O2. The van der Waals surface area contributed by atoms with E-state index in [0.29, 0.717) is 6.54 Å². The highest BCUT2D eigenvalue weighted by molar-refractivity contribution is 5.75. The normalized spacial score (nSPS) is 17.5. The predicted octanol–water partition coefficient (Wildman–Crippen LogP) is 2.83. The lowest BCUT2D eigenvalue weighted by atomic mass is 10.0. The van der Waals surface area contributed by atoms with Crippen molar-refractivity contribution in [3.8, 4) is 5.75 Å². The molecule has 0 radical (unpaired) electrons. The highest BCUT2D eigenvalue weighted by atomic mass is 16.3. The largest absolute Gasteiger partial charge is 0.508 e. The summed E-state index contributed by atoms with van der Waals surface area (Å²) in [6.07, 6.45) is 5.41. The molecule has 0 spiro atoms. The van der Waals surface area contributed by atoms with Gasteiger partial charge in [-0.05, 0) is 42.2 Å². The second-order valence-corrected chi connectivity index (χ2v) is 5.46. The first-order valence-corrected chi connectivity index (χ1v) is 7.46. The van der Waals surface area contributed by atoms with Crippen LogP contribution in [0.2, 0.25) is 0 Å². The Labute approximate surface area is 129 Å². The maximum absolute atomic E-state index is 12.4. The summed E-state index contributed by atoms with van der Waals surface area (Å²) in [4.78, 5) is 18.3. The first-order valence-electron chi connectivity index (χ1n) is 7.46. The van der Waals surface area contributed by atoms with E-state index < -0.39 is 0 Å². The molecule has 1 aliphatic rings. The van der Waals surface area contributed by atoms with Crippen molar-refractivity contribution in [1.82, 2.24) is 15.2 Å². The Morgan fingerprint density at radius 1 is 1.32 bits per heavy atom. The van der Waals surface area contributed by atoms with Crippen LogP contribution in [0.4, 0.5) is 4.79 Å². The van der Waals surface area contributed by atoms with Crippen molar-refractivity contribution in [3.63, 3.8) is 0 Å². The third kappa shape index (κ3) is 3.19. The quantitative estimate of drug-likeness (QED) is 0.915. The van der Waals surface area contributed by atoms with Gasteiger partial charge in [-0.25, -0.2) is 4.79 Å². The number of nitrogens with zero attached hydrogens (tertiary/aromatic N) is 2. The van der Waals surface area contributed by atoms with Crippen LogP contribution in [0.25, 0.3) is 0 Å². The topological polar surface area (TPSA) is 65.5 Å². The fourth-order valence-electron chi connectivity index (χ4n) is 2.83. The number of rotatable bonds is 3. The van der Waals surface area contributed by atoms with Crippen LogP contribution in [-0.4, -0.2) is 27.6 Å². The Balaban J connectivity index is 1.65. The average Bonchev–Trinajstić information content (AvgIpc) is 3.04. The molecular weight excluding hydrogens is 278 g/mol. The van der Waals surface area contributed by atoms with Gasteiger partial charge < -0.3 is 15.3 Å². The number of phenolic OH excluding ortho intramolecular Hbond substituents is 1. The monoisotopic (exact) mass is 297 g/mol. The maximum atomic E-state index is 12.4. The van der Waals surface area contributed by atoms with Gasteiger partial charge in [0.25, 0.3) is 0 Å². The molecule has 0 saturated carbocycles. The van der Waals surface area contributed by atoms with Crippen LogP contribution in [-0.2, 0) is 6.54 Å². The number of likely N-dealkylation sites (tertiary alicyclic amines) is 1. The minimum Gasteiger partial charge on any atom is -0.508 e. The average molecular weight is 297 g/mol. The highest BCUT2D eigenvalue weighted by Crippen LogP contribution is 2.32. The molecule has 2 aromatic rings. The molecule has 1 fully saturated rings. The van der Waals surface area contributed by atoms with Crippen LogP contribution in [0.3, 0.4) is 0 Å². The summed E-state index contributed by atoms with van der Waals surface area (Å²) in [6.45, 7) is 1.23. The van der Waals surface area contributed by atoms with E-state index in [4.69, 9.17) is 0 Å². The zero-order valence-electron chi connectivity index (χ0n) is 12.3. The van der Waals surface area contributed by atoms with Crippen LogP contribution in [0.1, 0.15) is 30.0 Å². The lowest BCUT2D eigenvalue weighted by Crippen LogP contribution is -2.39. The number of nitrogens with one attached hydrogen (secondary N) is 1. The number of amides is 2. The van der Waals surface area contributed by atoms with Gasteiger partial charge in [0.1, 0.15) is 5.75 Å². The summed E-state index contributed by atoms with van der Waals surface area (Å²) in [6, 6.07) is 10.9. The van der Waals surface area contributed by atoms with Crippen molar-refractivity contribution < 1.29 is 9.90 Å². The van der Waals surface area contributed by atoms with E-state index in [0.717, 1.165) is 30.5 Å². The molecule has 2 amide bonds. The van der Waals surface area contributed by atoms with Crippen LogP contribution >= 0.6 is 0 Å². The Bertz CT molecular complexity index is 628. The number of benzene rings is 1. The third-order valence-electron chi connectivity index (χ3n) is 3.96. The van der Waals surface area contributed by atoms with Gasteiger partial charge in [-0.15, -0.1) is 0 Å². The Morgan fingerprint density at radius 2 is 2.14 bits per heavy atom. The number of urea groups is 1. The van der Waals surface area contributed by atoms with Crippen molar-refractivity contribution in [2.24, 2.45) is 0 Å². The predicted molar refractivity (Wildman–Crippen MR) is 83.3 cm³/mol. The smallest absolute Gasteiger partial charge is 0.318 e. The van der Waals surface area contributed by atoms with Crippen molar-refractivity contribution in [2.45, 2.75) is 25.4 Å². The molecule has 2 heterocycles. The fourth-order valence-corrected chi connectivity index (χ4v) is 2.83. The second kappa shape index (κ2) is 6.47. The van der Waals surface area contributed by atoms with Gasteiger partial charge in [0, 0.05) is 25.5 Å². The van der Waals surface area contributed by atoms with Gasteiger partial charge >= 0.3 is 6.03 Å². The molecule has 1 aliphatic heterocycles. The first-order chi connectivity index (χ1) is 10.7. The third-order valence-corrected chi connectivity index (χ3v) is 3.96. The van der Waals surface area contributed by atoms with E-state index in [2.05, 4.69) is 10.3 Å². The molecule has 22 heavy (non-hydrogen) atoms. The molecule has 5 nitrogen and oxygen atoms in total. The molecule has 2 N–H and O–H groups in total. The van der Waals surface area contributed by atoms with Gasteiger partial charge in [-0.1, -0.05) is 18.2 Å². The zero-order chi connectivity index (χ0) is 15.4. The van der Waals surface area contributed by atoms with E-state index in [9.17, 15) is 9.90 Å². The number of hydrogen-bond donors (Lipinski definition) is 2. The molecule has 1 atom stereocenters. The summed E-state index contributed by atoms with van der Waals surface area (Å²) < 4.78 is 0. The molecule has 1 unspecified atom stereocenters. The molecule has 1 aromatic heterocycles. The number of pyridine rings is 1. The van der Waals surface area contributed by atoms with E-state index in [1.807, 2.05) is 29.2 Å². The van der Waals surface area contributed by atoms with E-state index >= 15 is 0 Å². The van der Waals surface area contributed by atoms with Gasteiger partial charge in [-0.2, -0.15) is 0 Å². The number of aromatic nitrogens is 1. The Morgan fingerprint density at radius 3 is 2.86 bits per heavy atom. The molecule has 114 valence electrons. The SMILES string of the molecule is O=C(NCc1cccnc1)N1CCCC1c1ccc(O)cc1. The summed E-state index contributed by atoms with van der Waals surface area (Å²) in [5.41, 5.74) is 2.04.